The highest BCUT2D eigenvalue weighted by atomic mass is 35.5. The molecule has 0 unspecified atom stereocenters. The normalized spacial score (nSPS) is 19.4. The highest BCUT2D eigenvalue weighted by Crippen LogP contribution is 2.40. The lowest BCUT2D eigenvalue weighted by atomic mass is 9.91. The minimum atomic E-state index is -0.320. The average Bonchev–Trinajstić information content (AvgIpc) is 3.05. The van der Waals surface area contributed by atoms with Gasteiger partial charge in [0.15, 0.2) is 0 Å². The molecule has 0 spiro atoms. The van der Waals surface area contributed by atoms with Crippen LogP contribution >= 0.6 is 11.6 Å². The van der Waals surface area contributed by atoms with Crippen molar-refractivity contribution >= 4 is 17.5 Å². The van der Waals surface area contributed by atoms with Crippen LogP contribution in [0.5, 0.6) is 0 Å². The van der Waals surface area contributed by atoms with Crippen LogP contribution in [0.4, 0.5) is 10.3 Å². The number of halogens is 2. The third-order valence-corrected chi connectivity index (χ3v) is 5.23. The Bertz CT molecular complexity index is 917. The van der Waals surface area contributed by atoms with Crippen LogP contribution in [0.25, 0.3) is 0 Å². The quantitative estimate of drug-likeness (QED) is 0.714. The highest BCUT2D eigenvalue weighted by Gasteiger charge is 2.32. The van der Waals surface area contributed by atoms with Crippen LogP contribution < -0.4 is 5.32 Å². The van der Waals surface area contributed by atoms with Crippen molar-refractivity contribution in [2.45, 2.75) is 32.4 Å². The van der Waals surface area contributed by atoms with Gasteiger partial charge in [-0.3, -0.25) is 0 Å². The summed E-state index contributed by atoms with van der Waals surface area (Å²) < 4.78 is 16.2. The molecule has 6 heteroatoms. The highest BCUT2D eigenvalue weighted by molar-refractivity contribution is 6.31. The van der Waals surface area contributed by atoms with Crippen LogP contribution in [0, 0.1) is 19.7 Å². The Hall–Kier alpha value is -2.40. The van der Waals surface area contributed by atoms with E-state index in [0.29, 0.717) is 23.0 Å². The second-order valence-electron chi connectivity index (χ2n) is 6.46. The van der Waals surface area contributed by atoms with E-state index < -0.39 is 0 Å². The van der Waals surface area contributed by atoms with E-state index in [0.717, 1.165) is 5.56 Å². The van der Waals surface area contributed by atoms with Crippen molar-refractivity contribution in [2.24, 2.45) is 0 Å². The molecule has 2 atom stereocenters. The van der Waals surface area contributed by atoms with E-state index in [4.69, 9.17) is 11.6 Å². The molecule has 0 radical (unpaired) electrons. The maximum atomic E-state index is 14.5. The molecular weight excluding hydrogens is 339 g/mol. The number of aromatic nitrogens is 3. The first kappa shape index (κ1) is 16.1. The number of aryl methyl sites for hydroxylation is 2. The Labute approximate surface area is 150 Å². The van der Waals surface area contributed by atoms with Crippen molar-refractivity contribution in [2.75, 3.05) is 5.32 Å². The Kier molecular flexibility index (Phi) is 3.96. The van der Waals surface area contributed by atoms with Crippen molar-refractivity contribution in [3.63, 3.8) is 0 Å². The topological polar surface area (TPSA) is 42.7 Å². The number of hydrogen-bond acceptors (Lipinski definition) is 3. The van der Waals surface area contributed by atoms with Crippen molar-refractivity contribution in [1.29, 1.82) is 0 Å². The number of benzene rings is 2. The number of anilines is 1. The van der Waals surface area contributed by atoms with Gasteiger partial charge in [0.05, 0.1) is 12.1 Å². The fraction of sp³-hybridized carbons (Fsp3) is 0.263. The number of rotatable bonds is 2. The molecule has 1 aliphatic rings. The molecule has 0 amide bonds. The molecule has 1 aromatic heterocycles. The fourth-order valence-electron chi connectivity index (χ4n) is 3.39. The molecular formula is C19H18ClFN4. The summed E-state index contributed by atoms with van der Waals surface area (Å²) >= 11 is 6.31. The lowest BCUT2D eigenvalue weighted by Gasteiger charge is -2.32. The Morgan fingerprint density at radius 1 is 1.20 bits per heavy atom. The monoisotopic (exact) mass is 356 g/mol. The van der Waals surface area contributed by atoms with Crippen LogP contribution in [0.1, 0.15) is 40.8 Å². The number of nitrogens with one attached hydrogen (secondary N) is 1. The summed E-state index contributed by atoms with van der Waals surface area (Å²) in [5, 5.41) is 8.09. The summed E-state index contributed by atoms with van der Waals surface area (Å²) in [6, 6.07) is 10.8. The summed E-state index contributed by atoms with van der Waals surface area (Å²) in [6.07, 6.45) is 2.12. The fourth-order valence-corrected chi connectivity index (χ4v) is 3.68. The minimum absolute atomic E-state index is 0.0108. The van der Waals surface area contributed by atoms with E-state index in [1.165, 1.54) is 23.5 Å². The van der Waals surface area contributed by atoms with Crippen LogP contribution in [0.3, 0.4) is 0 Å². The van der Waals surface area contributed by atoms with Crippen LogP contribution in [-0.2, 0) is 0 Å². The molecule has 4 nitrogen and oxygen atoms in total. The SMILES string of the molecule is Cc1ccc([C@@H]2C[C@@H](c3c(F)cccc3Cl)n3ncnc3N2)cc1C. The van der Waals surface area contributed by atoms with Crippen LogP contribution in [-0.4, -0.2) is 14.8 Å². The molecule has 2 heterocycles. The first-order chi connectivity index (χ1) is 12.0. The number of fused-ring (bicyclic) bond motifs is 1. The Morgan fingerprint density at radius 3 is 2.80 bits per heavy atom. The molecule has 0 fully saturated rings. The summed E-state index contributed by atoms with van der Waals surface area (Å²) in [5.41, 5.74) is 4.09. The van der Waals surface area contributed by atoms with Gasteiger partial charge in [-0.25, -0.2) is 9.07 Å². The lowest BCUT2D eigenvalue weighted by Crippen LogP contribution is -2.28. The summed E-state index contributed by atoms with van der Waals surface area (Å²) in [5.74, 6) is 0.304. The molecule has 128 valence electrons. The minimum Gasteiger partial charge on any atom is -0.348 e. The van der Waals surface area contributed by atoms with Gasteiger partial charge in [0.25, 0.3) is 0 Å². The van der Waals surface area contributed by atoms with Gasteiger partial charge in [-0.1, -0.05) is 35.9 Å². The van der Waals surface area contributed by atoms with E-state index in [2.05, 4.69) is 47.4 Å². The molecule has 0 bridgehead atoms. The van der Waals surface area contributed by atoms with Gasteiger partial charge < -0.3 is 5.32 Å². The molecule has 0 saturated heterocycles. The maximum absolute atomic E-state index is 14.5. The van der Waals surface area contributed by atoms with Crippen molar-refractivity contribution in [1.82, 2.24) is 14.8 Å². The van der Waals surface area contributed by atoms with E-state index in [1.807, 2.05) is 0 Å². The number of nitrogens with zero attached hydrogens (tertiary/aromatic N) is 3. The molecule has 1 N–H and O–H groups in total. The number of hydrogen-bond donors (Lipinski definition) is 1. The van der Waals surface area contributed by atoms with Gasteiger partial charge in [-0.2, -0.15) is 10.1 Å². The molecule has 2 aromatic carbocycles. The van der Waals surface area contributed by atoms with Crippen molar-refractivity contribution in [3.05, 3.63) is 75.8 Å². The van der Waals surface area contributed by atoms with Crippen LogP contribution in [0.15, 0.2) is 42.7 Å². The Morgan fingerprint density at radius 2 is 2.04 bits per heavy atom. The lowest BCUT2D eigenvalue weighted by molar-refractivity contribution is 0.416. The van der Waals surface area contributed by atoms with Gasteiger partial charge in [0.2, 0.25) is 5.95 Å². The zero-order chi connectivity index (χ0) is 17.6. The second-order valence-corrected chi connectivity index (χ2v) is 6.86. The van der Waals surface area contributed by atoms with Gasteiger partial charge in [-0.15, -0.1) is 0 Å². The van der Waals surface area contributed by atoms with Crippen molar-refractivity contribution < 1.29 is 4.39 Å². The smallest absolute Gasteiger partial charge is 0.222 e. The zero-order valence-electron chi connectivity index (χ0n) is 14.0. The molecule has 0 saturated carbocycles. The molecule has 3 aromatic rings. The maximum Gasteiger partial charge on any atom is 0.222 e. The standard InChI is InChI=1S/C19H18ClFN4/c1-11-6-7-13(8-12(11)2)16-9-17(25-19(24-16)22-10-23-25)18-14(20)4-3-5-15(18)21/h3-8,10,16-17H,9H2,1-2H3,(H,22,23,24)/t16-,17-/m0/s1. The first-order valence-corrected chi connectivity index (χ1v) is 8.59. The largest absolute Gasteiger partial charge is 0.348 e. The molecule has 4 rings (SSSR count). The van der Waals surface area contributed by atoms with E-state index in [9.17, 15) is 4.39 Å². The molecule has 0 aliphatic carbocycles. The van der Waals surface area contributed by atoms with E-state index in [-0.39, 0.29) is 17.9 Å². The predicted molar refractivity (Wildman–Crippen MR) is 96.5 cm³/mol. The van der Waals surface area contributed by atoms with Gasteiger partial charge >= 0.3 is 0 Å². The summed E-state index contributed by atoms with van der Waals surface area (Å²) in [4.78, 5) is 4.28. The summed E-state index contributed by atoms with van der Waals surface area (Å²) in [6.45, 7) is 4.18. The average molecular weight is 357 g/mol. The van der Waals surface area contributed by atoms with E-state index >= 15 is 0 Å². The van der Waals surface area contributed by atoms with E-state index in [1.54, 1.807) is 16.8 Å². The third kappa shape index (κ3) is 2.78. The first-order valence-electron chi connectivity index (χ1n) is 8.21. The van der Waals surface area contributed by atoms with Gasteiger partial charge in [0, 0.05) is 10.6 Å². The van der Waals surface area contributed by atoms with Crippen molar-refractivity contribution in [3.8, 4) is 0 Å². The summed E-state index contributed by atoms with van der Waals surface area (Å²) in [7, 11) is 0. The zero-order valence-corrected chi connectivity index (χ0v) is 14.8. The molecule has 1 aliphatic heterocycles. The van der Waals surface area contributed by atoms with Gasteiger partial charge in [-0.05, 0) is 49.1 Å². The predicted octanol–water partition coefficient (Wildman–Crippen LogP) is 4.83. The third-order valence-electron chi connectivity index (χ3n) is 4.90. The van der Waals surface area contributed by atoms with Crippen LogP contribution in [0.2, 0.25) is 5.02 Å². The Balaban J connectivity index is 1.79. The van der Waals surface area contributed by atoms with Gasteiger partial charge in [0.1, 0.15) is 12.1 Å². The molecule has 25 heavy (non-hydrogen) atoms. The second kappa shape index (κ2) is 6.15.